The molecule has 0 aliphatic heterocycles. The SMILES string of the molecule is COC1(C=O)CCCc2ccc(O)cc21. The molecule has 1 aromatic rings. The fourth-order valence-electron chi connectivity index (χ4n) is 2.24. The molecule has 80 valence electrons. The second-order valence-electron chi connectivity index (χ2n) is 3.91. The van der Waals surface area contributed by atoms with Gasteiger partial charge in [-0.25, -0.2) is 0 Å². The van der Waals surface area contributed by atoms with Gasteiger partial charge in [-0.2, -0.15) is 0 Å². The molecule has 0 amide bonds. The Labute approximate surface area is 88.7 Å². The average molecular weight is 206 g/mol. The summed E-state index contributed by atoms with van der Waals surface area (Å²) in [6, 6.07) is 5.14. The standard InChI is InChI=1S/C12H14O3/c1-15-12(8-13)6-2-3-9-4-5-10(14)7-11(9)12/h4-5,7-8,14H,2-3,6H2,1H3. The summed E-state index contributed by atoms with van der Waals surface area (Å²) in [7, 11) is 1.54. The van der Waals surface area contributed by atoms with Crippen molar-refractivity contribution in [2.24, 2.45) is 0 Å². The highest BCUT2D eigenvalue weighted by atomic mass is 16.5. The maximum absolute atomic E-state index is 11.2. The first-order valence-electron chi connectivity index (χ1n) is 5.06. The summed E-state index contributed by atoms with van der Waals surface area (Å²) in [5.41, 5.74) is 1.05. The fraction of sp³-hybridized carbons (Fsp3) is 0.417. The molecule has 0 heterocycles. The third kappa shape index (κ3) is 1.53. The number of methoxy groups -OCH3 is 1. The van der Waals surface area contributed by atoms with Crippen LogP contribution in [0.5, 0.6) is 5.75 Å². The lowest BCUT2D eigenvalue weighted by Gasteiger charge is -2.33. The second-order valence-corrected chi connectivity index (χ2v) is 3.91. The van der Waals surface area contributed by atoms with Crippen LogP contribution in [0, 0.1) is 0 Å². The van der Waals surface area contributed by atoms with Gasteiger partial charge >= 0.3 is 0 Å². The van der Waals surface area contributed by atoms with E-state index in [1.165, 1.54) is 7.11 Å². The number of hydrogen-bond donors (Lipinski definition) is 1. The number of aromatic hydroxyl groups is 1. The van der Waals surface area contributed by atoms with Gasteiger partial charge in [0.25, 0.3) is 0 Å². The van der Waals surface area contributed by atoms with Crippen LogP contribution in [0.15, 0.2) is 18.2 Å². The van der Waals surface area contributed by atoms with Crippen LogP contribution in [0.2, 0.25) is 0 Å². The lowest BCUT2D eigenvalue weighted by Crippen LogP contribution is -2.34. The van der Waals surface area contributed by atoms with Crippen LogP contribution in [0.3, 0.4) is 0 Å². The smallest absolute Gasteiger partial charge is 0.156 e. The van der Waals surface area contributed by atoms with Crippen molar-refractivity contribution in [1.29, 1.82) is 0 Å². The molecule has 1 aromatic carbocycles. The number of ether oxygens (including phenoxy) is 1. The third-order valence-electron chi connectivity index (χ3n) is 3.10. The van der Waals surface area contributed by atoms with Crippen molar-refractivity contribution in [2.75, 3.05) is 7.11 Å². The maximum Gasteiger partial charge on any atom is 0.156 e. The maximum atomic E-state index is 11.2. The van der Waals surface area contributed by atoms with Crippen LogP contribution >= 0.6 is 0 Å². The number of aldehydes is 1. The summed E-state index contributed by atoms with van der Waals surface area (Å²) in [5, 5.41) is 9.44. The number of carbonyl (C=O) groups is 1. The Balaban J connectivity index is 2.57. The molecule has 1 aliphatic rings. The van der Waals surface area contributed by atoms with Crippen LogP contribution in [0.25, 0.3) is 0 Å². The minimum atomic E-state index is -0.855. The number of benzene rings is 1. The van der Waals surface area contributed by atoms with E-state index in [9.17, 15) is 9.90 Å². The van der Waals surface area contributed by atoms with E-state index < -0.39 is 5.60 Å². The van der Waals surface area contributed by atoms with Gasteiger partial charge in [0.05, 0.1) is 0 Å². The van der Waals surface area contributed by atoms with Crippen molar-refractivity contribution in [2.45, 2.75) is 24.9 Å². The zero-order valence-electron chi connectivity index (χ0n) is 8.69. The third-order valence-corrected chi connectivity index (χ3v) is 3.10. The lowest BCUT2D eigenvalue weighted by molar-refractivity contribution is -0.130. The van der Waals surface area contributed by atoms with Crippen molar-refractivity contribution in [3.8, 4) is 5.75 Å². The van der Waals surface area contributed by atoms with Crippen LogP contribution in [0.4, 0.5) is 0 Å². The summed E-state index contributed by atoms with van der Waals surface area (Å²) in [5.74, 6) is 0.180. The minimum Gasteiger partial charge on any atom is -0.508 e. The van der Waals surface area contributed by atoms with Crippen molar-refractivity contribution < 1.29 is 14.6 Å². The molecule has 15 heavy (non-hydrogen) atoms. The predicted molar refractivity (Wildman–Crippen MR) is 55.8 cm³/mol. The summed E-state index contributed by atoms with van der Waals surface area (Å²) < 4.78 is 5.33. The zero-order valence-corrected chi connectivity index (χ0v) is 8.69. The Morgan fingerprint density at radius 1 is 1.53 bits per heavy atom. The van der Waals surface area contributed by atoms with E-state index in [2.05, 4.69) is 0 Å². The van der Waals surface area contributed by atoms with Crippen LogP contribution < -0.4 is 0 Å². The highest BCUT2D eigenvalue weighted by Gasteiger charge is 2.36. The molecule has 0 fully saturated rings. The number of hydrogen-bond acceptors (Lipinski definition) is 3. The number of phenols is 1. The highest BCUT2D eigenvalue weighted by molar-refractivity contribution is 5.68. The quantitative estimate of drug-likeness (QED) is 0.750. The predicted octanol–water partition coefficient (Wildman–Crippen LogP) is 1.77. The van der Waals surface area contributed by atoms with E-state index in [4.69, 9.17) is 4.74 Å². The molecule has 0 bridgehead atoms. The Bertz CT molecular complexity index is 386. The van der Waals surface area contributed by atoms with E-state index in [1.54, 1.807) is 12.1 Å². The fourth-order valence-corrected chi connectivity index (χ4v) is 2.24. The van der Waals surface area contributed by atoms with Gasteiger partial charge in [0.1, 0.15) is 11.4 Å². The summed E-state index contributed by atoms with van der Waals surface area (Å²) in [6.07, 6.45) is 3.40. The first kappa shape index (κ1) is 10.2. The molecule has 3 nitrogen and oxygen atoms in total. The molecule has 2 rings (SSSR count). The number of phenolic OH excluding ortho intramolecular Hbond substituents is 1. The molecule has 3 heteroatoms. The summed E-state index contributed by atoms with van der Waals surface area (Å²) >= 11 is 0. The largest absolute Gasteiger partial charge is 0.508 e. The van der Waals surface area contributed by atoms with Crippen LogP contribution in [-0.4, -0.2) is 18.5 Å². The molecule has 0 radical (unpaired) electrons. The Hall–Kier alpha value is -1.35. The van der Waals surface area contributed by atoms with Crippen LogP contribution in [0.1, 0.15) is 24.0 Å². The topological polar surface area (TPSA) is 46.5 Å². The van der Waals surface area contributed by atoms with Crippen molar-refractivity contribution >= 4 is 6.29 Å². The van der Waals surface area contributed by atoms with E-state index in [0.29, 0.717) is 6.42 Å². The number of fused-ring (bicyclic) bond motifs is 1. The van der Waals surface area contributed by atoms with Gasteiger partial charge in [-0.05, 0) is 42.5 Å². The lowest BCUT2D eigenvalue weighted by atomic mass is 9.80. The molecule has 1 unspecified atom stereocenters. The van der Waals surface area contributed by atoms with Crippen molar-refractivity contribution in [3.63, 3.8) is 0 Å². The van der Waals surface area contributed by atoms with E-state index >= 15 is 0 Å². The van der Waals surface area contributed by atoms with E-state index in [1.807, 2.05) is 6.07 Å². The monoisotopic (exact) mass is 206 g/mol. The molecular weight excluding hydrogens is 192 g/mol. The highest BCUT2D eigenvalue weighted by Crippen LogP contribution is 2.38. The first-order valence-corrected chi connectivity index (χ1v) is 5.06. The molecule has 0 saturated carbocycles. The van der Waals surface area contributed by atoms with Gasteiger partial charge < -0.3 is 9.84 Å². The normalized spacial score (nSPS) is 24.6. The van der Waals surface area contributed by atoms with Gasteiger partial charge in [0, 0.05) is 7.11 Å². The molecular formula is C12H14O3. The van der Waals surface area contributed by atoms with Gasteiger partial charge in [-0.1, -0.05) is 6.07 Å². The molecule has 0 spiro atoms. The van der Waals surface area contributed by atoms with E-state index in [-0.39, 0.29) is 5.75 Å². The molecule has 1 N–H and O–H groups in total. The Morgan fingerprint density at radius 2 is 2.33 bits per heavy atom. The Morgan fingerprint density at radius 3 is 3.00 bits per heavy atom. The zero-order chi connectivity index (χ0) is 10.9. The average Bonchev–Trinajstić information content (AvgIpc) is 2.28. The molecule has 0 saturated heterocycles. The van der Waals surface area contributed by atoms with Crippen LogP contribution in [-0.2, 0) is 21.6 Å². The summed E-state index contributed by atoms with van der Waals surface area (Å²) in [4.78, 5) is 11.2. The second kappa shape index (κ2) is 3.66. The minimum absolute atomic E-state index is 0.180. The number of rotatable bonds is 2. The molecule has 1 aliphatic carbocycles. The van der Waals surface area contributed by atoms with Gasteiger partial charge in [0.2, 0.25) is 0 Å². The Kier molecular flexibility index (Phi) is 2.49. The van der Waals surface area contributed by atoms with Gasteiger partial charge in [-0.3, -0.25) is 4.79 Å². The number of carbonyl (C=O) groups excluding carboxylic acids is 1. The van der Waals surface area contributed by atoms with E-state index in [0.717, 1.165) is 30.3 Å². The number of aryl methyl sites for hydroxylation is 1. The van der Waals surface area contributed by atoms with Gasteiger partial charge in [-0.15, -0.1) is 0 Å². The van der Waals surface area contributed by atoms with Crippen molar-refractivity contribution in [3.05, 3.63) is 29.3 Å². The summed E-state index contributed by atoms with van der Waals surface area (Å²) in [6.45, 7) is 0. The first-order chi connectivity index (χ1) is 7.22. The molecule has 1 atom stereocenters. The van der Waals surface area contributed by atoms with Crippen molar-refractivity contribution in [1.82, 2.24) is 0 Å². The molecule has 0 aromatic heterocycles. The van der Waals surface area contributed by atoms with Gasteiger partial charge in [0.15, 0.2) is 6.29 Å².